The van der Waals surface area contributed by atoms with Crippen molar-refractivity contribution < 1.29 is 9.18 Å². The molecule has 0 spiro atoms. The molecule has 38 heavy (non-hydrogen) atoms. The summed E-state index contributed by atoms with van der Waals surface area (Å²) in [5.41, 5.74) is 6.68. The molecule has 1 N–H and O–H groups in total. The summed E-state index contributed by atoms with van der Waals surface area (Å²) in [6.45, 7) is 2.37. The van der Waals surface area contributed by atoms with Crippen LogP contribution < -0.4 is 10.2 Å². The number of carbonyl (C=O) groups is 1. The fourth-order valence-corrected chi connectivity index (χ4v) is 5.18. The van der Waals surface area contributed by atoms with E-state index in [1.807, 2.05) is 47.0 Å². The van der Waals surface area contributed by atoms with E-state index >= 15 is 0 Å². The topological polar surface area (TPSA) is 63.1 Å². The van der Waals surface area contributed by atoms with Gasteiger partial charge in [0.25, 0.3) is 5.91 Å². The molecule has 0 radical (unpaired) electrons. The van der Waals surface area contributed by atoms with Gasteiger partial charge in [0.15, 0.2) is 0 Å². The highest BCUT2D eigenvalue weighted by Crippen LogP contribution is 2.31. The van der Waals surface area contributed by atoms with E-state index in [4.69, 9.17) is 0 Å². The lowest BCUT2D eigenvalue weighted by Gasteiger charge is -2.34. The number of hydrogen-bond acceptors (Lipinski definition) is 4. The molecule has 6 rings (SSSR count). The molecule has 3 aromatic carbocycles. The Balaban J connectivity index is 1.11. The lowest BCUT2D eigenvalue weighted by atomic mass is 9.89. The van der Waals surface area contributed by atoms with E-state index in [9.17, 15) is 9.18 Å². The third-order valence-corrected chi connectivity index (χ3v) is 7.31. The van der Waals surface area contributed by atoms with Crippen molar-refractivity contribution in [3.63, 3.8) is 0 Å². The van der Waals surface area contributed by atoms with Gasteiger partial charge >= 0.3 is 0 Å². The summed E-state index contributed by atoms with van der Waals surface area (Å²) in [6, 6.07) is 24.8. The molecule has 3 heterocycles. The monoisotopic (exact) mass is 505 g/mol. The van der Waals surface area contributed by atoms with Crippen LogP contribution in [-0.2, 0) is 6.54 Å². The van der Waals surface area contributed by atoms with Gasteiger partial charge in [-0.2, -0.15) is 0 Å². The Kier molecular flexibility index (Phi) is 6.56. The van der Waals surface area contributed by atoms with Gasteiger partial charge in [-0.05, 0) is 90.6 Å². The number of anilines is 1. The van der Waals surface area contributed by atoms with Gasteiger partial charge in [0.1, 0.15) is 12.1 Å². The van der Waals surface area contributed by atoms with Crippen LogP contribution in [0.15, 0.2) is 97.6 Å². The molecule has 7 heteroatoms. The number of carbonyl (C=O) groups excluding carboxylic acids is 1. The lowest BCUT2D eigenvalue weighted by Crippen LogP contribution is -2.32. The highest BCUT2D eigenvalue weighted by Gasteiger charge is 2.21. The predicted molar refractivity (Wildman–Crippen MR) is 147 cm³/mol. The molecule has 0 saturated carbocycles. The number of pyridine rings is 1. The number of piperidine rings is 1. The van der Waals surface area contributed by atoms with E-state index in [-0.39, 0.29) is 11.7 Å². The van der Waals surface area contributed by atoms with Gasteiger partial charge < -0.3 is 10.2 Å². The highest BCUT2D eigenvalue weighted by atomic mass is 19.1. The average Bonchev–Trinajstić information content (AvgIpc) is 3.40. The Hall–Kier alpha value is -4.52. The Bertz CT molecular complexity index is 1540. The smallest absolute Gasteiger partial charge is 0.251 e. The molecule has 6 nitrogen and oxygen atoms in total. The predicted octanol–water partition coefficient (Wildman–Crippen LogP) is 5.87. The minimum Gasteiger partial charge on any atom is -0.371 e. The van der Waals surface area contributed by atoms with E-state index in [1.54, 1.807) is 30.9 Å². The van der Waals surface area contributed by atoms with Crippen molar-refractivity contribution in [2.45, 2.75) is 25.3 Å². The van der Waals surface area contributed by atoms with Gasteiger partial charge in [-0.15, -0.1) is 0 Å². The SMILES string of the molecule is O=C(NCc1cccnc1)c1ccc2c(c1)ncn2-c1ccc(N2CCC(c3ccc(F)cc3)CC2)cc1. The van der Waals surface area contributed by atoms with Crippen LogP contribution >= 0.6 is 0 Å². The molecular weight excluding hydrogens is 477 g/mol. The Labute approximate surface area is 220 Å². The third-order valence-electron chi connectivity index (χ3n) is 7.31. The first-order valence-corrected chi connectivity index (χ1v) is 12.9. The maximum atomic E-state index is 13.3. The molecule has 0 unspecified atom stereocenters. The van der Waals surface area contributed by atoms with E-state index in [1.165, 1.54) is 11.3 Å². The van der Waals surface area contributed by atoms with E-state index in [0.717, 1.165) is 48.2 Å². The number of aromatic nitrogens is 3. The zero-order chi connectivity index (χ0) is 25.9. The molecule has 190 valence electrons. The first kappa shape index (κ1) is 23.9. The molecule has 2 aromatic heterocycles. The highest BCUT2D eigenvalue weighted by molar-refractivity contribution is 5.97. The maximum absolute atomic E-state index is 13.3. The van der Waals surface area contributed by atoms with Crippen LogP contribution in [0, 0.1) is 5.82 Å². The normalized spacial score (nSPS) is 14.1. The second kappa shape index (κ2) is 10.5. The van der Waals surface area contributed by atoms with Crippen molar-refractivity contribution in [3.05, 3.63) is 120 Å². The molecule has 0 aliphatic carbocycles. The number of benzene rings is 3. The van der Waals surface area contributed by atoms with E-state index in [2.05, 4.69) is 44.5 Å². The van der Waals surface area contributed by atoms with Crippen LogP contribution in [0.1, 0.15) is 40.2 Å². The summed E-state index contributed by atoms with van der Waals surface area (Å²) in [5.74, 6) is 0.156. The largest absolute Gasteiger partial charge is 0.371 e. The number of nitrogens with zero attached hydrogens (tertiary/aromatic N) is 4. The Morgan fingerprint density at radius 2 is 1.71 bits per heavy atom. The van der Waals surface area contributed by atoms with Crippen molar-refractivity contribution in [2.75, 3.05) is 18.0 Å². The van der Waals surface area contributed by atoms with Crippen LogP contribution in [0.2, 0.25) is 0 Å². The van der Waals surface area contributed by atoms with Crippen LogP contribution in [-0.4, -0.2) is 33.5 Å². The average molecular weight is 506 g/mol. The van der Waals surface area contributed by atoms with Gasteiger partial charge in [-0.1, -0.05) is 18.2 Å². The van der Waals surface area contributed by atoms with E-state index < -0.39 is 0 Å². The molecule has 1 aliphatic heterocycles. The number of imidazole rings is 1. The summed E-state index contributed by atoms with van der Waals surface area (Å²) in [6.07, 6.45) is 7.36. The van der Waals surface area contributed by atoms with Crippen molar-refractivity contribution in [1.82, 2.24) is 19.9 Å². The van der Waals surface area contributed by atoms with Crippen LogP contribution in [0.3, 0.4) is 0 Å². The molecular formula is C31H28FN5O. The fourth-order valence-electron chi connectivity index (χ4n) is 5.18. The number of rotatable bonds is 6. The quantitative estimate of drug-likeness (QED) is 0.313. The minimum absolute atomic E-state index is 0.141. The zero-order valence-electron chi connectivity index (χ0n) is 20.9. The zero-order valence-corrected chi connectivity index (χ0v) is 20.9. The number of nitrogens with one attached hydrogen (secondary N) is 1. The second-order valence-electron chi connectivity index (χ2n) is 9.69. The number of fused-ring (bicyclic) bond motifs is 1. The molecule has 1 saturated heterocycles. The summed E-state index contributed by atoms with van der Waals surface area (Å²) in [7, 11) is 0. The van der Waals surface area contributed by atoms with Gasteiger partial charge in [0, 0.05) is 49.0 Å². The fraction of sp³-hybridized carbons (Fsp3) is 0.194. The van der Waals surface area contributed by atoms with Crippen molar-refractivity contribution in [2.24, 2.45) is 0 Å². The third kappa shape index (κ3) is 5.00. The summed E-state index contributed by atoms with van der Waals surface area (Å²) in [4.78, 5) is 23.7. The van der Waals surface area contributed by atoms with Gasteiger partial charge in [0.05, 0.1) is 11.0 Å². The van der Waals surface area contributed by atoms with Gasteiger partial charge in [-0.25, -0.2) is 9.37 Å². The summed E-state index contributed by atoms with van der Waals surface area (Å²) >= 11 is 0. The first-order valence-electron chi connectivity index (χ1n) is 12.9. The van der Waals surface area contributed by atoms with Crippen LogP contribution in [0.4, 0.5) is 10.1 Å². The molecule has 5 aromatic rings. The number of hydrogen-bond donors (Lipinski definition) is 1. The standard InChI is InChI=1S/C31H28FN5O/c32-26-6-3-23(4-7-26)24-13-16-36(17-14-24)27-8-10-28(11-9-27)37-21-35-29-18-25(5-12-30(29)37)31(38)34-20-22-2-1-15-33-19-22/h1-12,15,18-19,21,24H,13-14,16-17,20H2,(H,34,38). The molecule has 1 amide bonds. The van der Waals surface area contributed by atoms with Crippen molar-refractivity contribution in [1.29, 1.82) is 0 Å². The maximum Gasteiger partial charge on any atom is 0.251 e. The number of halogens is 1. The molecule has 1 aliphatic rings. The van der Waals surface area contributed by atoms with Gasteiger partial charge in [-0.3, -0.25) is 14.3 Å². The van der Waals surface area contributed by atoms with Gasteiger partial charge in [0.2, 0.25) is 0 Å². The second-order valence-corrected chi connectivity index (χ2v) is 9.69. The summed E-state index contributed by atoms with van der Waals surface area (Å²) < 4.78 is 15.3. The van der Waals surface area contributed by atoms with Crippen molar-refractivity contribution in [3.8, 4) is 5.69 Å². The molecule has 1 fully saturated rings. The van der Waals surface area contributed by atoms with Crippen LogP contribution in [0.5, 0.6) is 0 Å². The number of amides is 1. The molecule has 0 bridgehead atoms. The lowest BCUT2D eigenvalue weighted by molar-refractivity contribution is 0.0951. The minimum atomic E-state index is -0.181. The molecule has 0 atom stereocenters. The summed E-state index contributed by atoms with van der Waals surface area (Å²) in [5, 5.41) is 2.94. The van der Waals surface area contributed by atoms with Crippen molar-refractivity contribution >= 4 is 22.6 Å². The Morgan fingerprint density at radius 1 is 0.947 bits per heavy atom. The first-order chi connectivity index (χ1) is 18.6. The van der Waals surface area contributed by atoms with E-state index in [0.29, 0.717) is 18.0 Å². The Morgan fingerprint density at radius 3 is 2.45 bits per heavy atom. The van der Waals surface area contributed by atoms with Crippen LogP contribution in [0.25, 0.3) is 16.7 Å².